The molecule has 1 aromatic heterocycles. The van der Waals surface area contributed by atoms with E-state index >= 15 is 0 Å². The molecular weight excluding hydrogens is 312 g/mol. The number of nitrogens with zero attached hydrogens (tertiary/aromatic N) is 2. The SMILES string of the molecule is N#CC1=C(N)Oc2n[nH]c(-c3ccccc3)c2[C@@H]1Cc1ccccc1. The summed E-state index contributed by atoms with van der Waals surface area (Å²) in [5, 5.41) is 17.0. The van der Waals surface area contributed by atoms with E-state index in [-0.39, 0.29) is 11.8 Å². The Morgan fingerprint density at radius 3 is 2.44 bits per heavy atom. The third kappa shape index (κ3) is 2.64. The molecule has 5 heteroatoms. The van der Waals surface area contributed by atoms with Gasteiger partial charge in [0.25, 0.3) is 0 Å². The van der Waals surface area contributed by atoms with Gasteiger partial charge in [0.1, 0.15) is 6.07 Å². The minimum atomic E-state index is -0.204. The van der Waals surface area contributed by atoms with Gasteiger partial charge < -0.3 is 10.5 Å². The van der Waals surface area contributed by atoms with Gasteiger partial charge in [0.15, 0.2) is 0 Å². The maximum absolute atomic E-state index is 9.64. The molecule has 0 aliphatic carbocycles. The zero-order valence-electron chi connectivity index (χ0n) is 13.4. The first-order valence-electron chi connectivity index (χ1n) is 8.03. The molecule has 1 aliphatic heterocycles. The standard InChI is InChI=1S/C20H16N4O/c21-12-16-15(11-13-7-3-1-4-8-13)17-18(14-9-5-2-6-10-14)23-24-20(17)25-19(16)22/h1-10,15H,11,22H2,(H,23,24)/t15-/m1/s1. The van der Waals surface area contributed by atoms with Crippen LogP contribution in [0.1, 0.15) is 17.0 Å². The third-order valence-corrected chi connectivity index (χ3v) is 4.40. The third-order valence-electron chi connectivity index (χ3n) is 4.40. The van der Waals surface area contributed by atoms with Gasteiger partial charge in [-0.15, -0.1) is 5.10 Å². The van der Waals surface area contributed by atoms with Crippen molar-refractivity contribution in [2.45, 2.75) is 12.3 Å². The van der Waals surface area contributed by atoms with Crippen molar-refractivity contribution in [3.8, 4) is 23.2 Å². The first kappa shape index (κ1) is 15.0. The fourth-order valence-corrected chi connectivity index (χ4v) is 3.22. The Labute approximate surface area is 145 Å². The Morgan fingerprint density at radius 1 is 1.08 bits per heavy atom. The molecule has 3 aromatic rings. The Hall–Kier alpha value is -3.52. The van der Waals surface area contributed by atoms with Crippen molar-refractivity contribution < 1.29 is 4.74 Å². The Bertz CT molecular complexity index is 968. The molecule has 0 saturated heterocycles. The van der Waals surface area contributed by atoms with Gasteiger partial charge in [-0.3, -0.25) is 5.10 Å². The lowest BCUT2D eigenvalue weighted by Gasteiger charge is -2.23. The number of nitriles is 1. The van der Waals surface area contributed by atoms with Crippen LogP contribution in [0.2, 0.25) is 0 Å². The van der Waals surface area contributed by atoms with Crippen molar-refractivity contribution in [1.29, 1.82) is 5.26 Å². The lowest BCUT2D eigenvalue weighted by Crippen LogP contribution is -2.21. The van der Waals surface area contributed by atoms with Gasteiger partial charge in [-0.05, 0) is 17.5 Å². The minimum absolute atomic E-state index is 0.127. The van der Waals surface area contributed by atoms with E-state index in [1.807, 2.05) is 60.7 Å². The number of fused-ring (bicyclic) bond motifs is 1. The fourth-order valence-electron chi connectivity index (χ4n) is 3.22. The van der Waals surface area contributed by atoms with Crippen molar-refractivity contribution in [3.05, 3.63) is 83.2 Å². The Morgan fingerprint density at radius 2 is 1.76 bits per heavy atom. The largest absolute Gasteiger partial charge is 0.420 e. The van der Waals surface area contributed by atoms with Crippen LogP contribution in [-0.4, -0.2) is 10.2 Å². The molecule has 122 valence electrons. The molecule has 25 heavy (non-hydrogen) atoms. The van der Waals surface area contributed by atoms with Crippen LogP contribution < -0.4 is 10.5 Å². The molecule has 0 amide bonds. The molecule has 0 saturated carbocycles. The normalized spacial score (nSPS) is 16.0. The van der Waals surface area contributed by atoms with Crippen LogP contribution in [-0.2, 0) is 6.42 Å². The highest BCUT2D eigenvalue weighted by molar-refractivity contribution is 5.69. The topological polar surface area (TPSA) is 87.7 Å². The number of allylic oxidation sites excluding steroid dienone is 1. The summed E-state index contributed by atoms with van der Waals surface area (Å²) < 4.78 is 5.60. The van der Waals surface area contributed by atoms with Crippen molar-refractivity contribution in [3.63, 3.8) is 0 Å². The molecule has 2 aromatic carbocycles. The van der Waals surface area contributed by atoms with Gasteiger partial charge in [0.05, 0.1) is 16.8 Å². The lowest BCUT2D eigenvalue weighted by atomic mass is 9.84. The fraction of sp³-hybridized carbons (Fsp3) is 0.100. The zero-order chi connectivity index (χ0) is 17.2. The second kappa shape index (κ2) is 6.17. The minimum Gasteiger partial charge on any atom is -0.420 e. The molecule has 4 rings (SSSR count). The molecule has 0 unspecified atom stereocenters. The van der Waals surface area contributed by atoms with Gasteiger partial charge in [-0.2, -0.15) is 5.26 Å². The van der Waals surface area contributed by atoms with Gasteiger partial charge in [-0.25, -0.2) is 0 Å². The molecular formula is C20H16N4O. The predicted octanol–water partition coefficient (Wildman–Crippen LogP) is 3.49. The molecule has 0 radical (unpaired) electrons. The Kier molecular flexibility index (Phi) is 3.71. The number of benzene rings is 2. The number of aromatic amines is 1. The van der Waals surface area contributed by atoms with Crippen molar-refractivity contribution >= 4 is 0 Å². The van der Waals surface area contributed by atoms with Gasteiger partial charge in [0, 0.05) is 5.92 Å². The van der Waals surface area contributed by atoms with Crippen LogP contribution in [0.15, 0.2) is 72.1 Å². The maximum Gasteiger partial charge on any atom is 0.244 e. The highest BCUT2D eigenvalue weighted by atomic mass is 16.5. The van der Waals surface area contributed by atoms with Crippen molar-refractivity contribution in [2.24, 2.45) is 5.73 Å². The van der Waals surface area contributed by atoms with Crippen LogP contribution in [0.5, 0.6) is 5.88 Å². The predicted molar refractivity (Wildman–Crippen MR) is 94.4 cm³/mol. The first-order chi connectivity index (χ1) is 12.3. The summed E-state index contributed by atoms with van der Waals surface area (Å²) in [6.07, 6.45) is 0.653. The van der Waals surface area contributed by atoms with E-state index in [9.17, 15) is 5.26 Å². The van der Waals surface area contributed by atoms with E-state index in [0.717, 1.165) is 22.4 Å². The van der Waals surface area contributed by atoms with Crippen LogP contribution in [0, 0.1) is 11.3 Å². The molecule has 1 atom stereocenters. The first-order valence-corrected chi connectivity index (χ1v) is 8.03. The number of nitrogens with two attached hydrogens (primary N) is 1. The molecule has 3 N–H and O–H groups in total. The van der Waals surface area contributed by atoms with Crippen LogP contribution in [0.4, 0.5) is 0 Å². The molecule has 1 aliphatic rings. The summed E-state index contributed by atoms with van der Waals surface area (Å²) in [5.41, 5.74) is 10.3. The number of rotatable bonds is 3. The zero-order valence-corrected chi connectivity index (χ0v) is 13.4. The Balaban J connectivity index is 1.85. The van der Waals surface area contributed by atoms with Gasteiger partial charge >= 0.3 is 0 Å². The number of nitrogens with one attached hydrogen (secondary N) is 1. The van der Waals surface area contributed by atoms with Gasteiger partial charge in [-0.1, -0.05) is 60.7 Å². The van der Waals surface area contributed by atoms with E-state index in [4.69, 9.17) is 10.5 Å². The highest BCUT2D eigenvalue weighted by Gasteiger charge is 2.34. The second-order valence-corrected chi connectivity index (χ2v) is 5.92. The van der Waals surface area contributed by atoms with E-state index in [0.29, 0.717) is 17.9 Å². The van der Waals surface area contributed by atoms with Crippen LogP contribution in [0.3, 0.4) is 0 Å². The number of ether oxygens (including phenoxy) is 1. The average molecular weight is 328 g/mol. The summed E-state index contributed by atoms with van der Waals surface area (Å²) in [7, 11) is 0. The van der Waals surface area contributed by atoms with E-state index in [1.54, 1.807) is 0 Å². The quantitative estimate of drug-likeness (QED) is 0.770. The maximum atomic E-state index is 9.64. The summed E-state index contributed by atoms with van der Waals surface area (Å²) in [6.45, 7) is 0. The van der Waals surface area contributed by atoms with Gasteiger partial charge in [0.2, 0.25) is 11.8 Å². The molecule has 5 nitrogen and oxygen atoms in total. The number of hydrogen-bond donors (Lipinski definition) is 2. The van der Waals surface area contributed by atoms with Crippen LogP contribution in [0.25, 0.3) is 11.3 Å². The average Bonchev–Trinajstić information content (AvgIpc) is 3.07. The molecule has 0 spiro atoms. The number of aromatic nitrogens is 2. The van der Waals surface area contributed by atoms with Crippen molar-refractivity contribution in [2.75, 3.05) is 0 Å². The van der Waals surface area contributed by atoms with E-state index in [2.05, 4.69) is 16.3 Å². The molecule has 0 fully saturated rings. The summed E-state index contributed by atoms with van der Waals surface area (Å²) in [5.74, 6) is 0.364. The number of hydrogen-bond acceptors (Lipinski definition) is 4. The van der Waals surface area contributed by atoms with Crippen LogP contribution >= 0.6 is 0 Å². The summed E-state index contributed by atoms with van der Waals surface area (Å²) in [4.78, 5) is 0. The lowest BCUT2D eigenvalue weighted by molar-refractivity contribution is 0.374. The molecule has 2 heterocycles. The smallest absolute Gasteiger partial charge is 0.244 e. The van der Waals surface area contributed by atoms with Crippen molar-refractivity contribution in [1.82, 2.24) is 10.2 Å². The number of H-pyrrole nitrogens is 1. The highest BCUT2D eigenvalue weighted by Crippen LogP contribution is 2.43. The monoisotopic (exact) mass is 328 g/mol. The second-order valence-electron chi connectivity index (χ2n) is 5.92. The van der Waals surface area contributed by atoms with E-state index < -0.39 is 0 Å². The van der Waals surface area contributed by atoms with E-state index in [1.165, 1.54) is 0 Å². The molecule has 0 bridgehead atoms. The summed E-state index contributed by atoms with van der Waals surface area (Å²) >= 11 is 0. The summed E-state index contributed by atoms with van der Waals surface area (Å²) in [6, 6.07) is 22.2.